The molecular formula is C22H28N4O. The summed E-state index contributed by atoms with van der Waals surface area (Å²) >= 11 is 0. The second-order valence-corrected chi connectivity index (χ2v) is 8.00. The molecule has 0 amide bonds. The molecular weight excluding hydrogens is 336 g/mol. The molecule has 0 N–H and O–H groups in total. The van der Waals surface area contributed by atoms with E-state index in [-0.39, 0.29) is 0 Å². The number of piperidine rings is 1. The molecule has 0 bridgehead atoms. The first-order valence-corrected chi connectivity index (χ1v) is 9.73. The van der Waals surface area contributed by atoms with Crippen LogP contribution >= 0.6 is 0 Å². The predicted octanol–water partition coefficient (Wildman–Crippen LogP) is 4.50. The van der Waals surface area contributed by atoms with Gasteiger partial charge in [0.05, 0.1) is 18.4 Å². The molecule has 142 valence electrons. The lowest BCUT2D eigenvalue weighted by molar-refractivity contribution is 0.354. The van der Waals surface area contributed by atoms with E-state index in [1.54, 1.807) is 7.11 Å². The first-order chi connectivity index (χ1) is 13.0. The summed E-state index contributed by atoms with van der Waals surface area (Å²) in [6, 6.07) is 10.3. The van der Waals surface area contributed by atoms with Crippen molar-refractivity contribution in [1.29, 1.82) is 0 Å². The normalized spacial score (nSPS) is 20.3. The summed E-state index contributed by atoms with van der Waals surface area (Å²) in [5.41, 5.74) is 4.97. The monoisotopic (exact) mass is 364 g/mol. The van der Waals surface area contributed by atoms with Gasteiger partial charge in [-0.2, -0.15) is 9.61 Å². The minimum atomic E-state index is 0.683. The van der Waals surface area contributed by atoms with Crippen molar-refractivity contribution < 1.29 is 4.74 Å². The molecule has 1 saturated heterocycles. The van der Waals surface area contributed by atoms with E-state index in [0.29, 0.717) is 11.8 Å². The first kappa shape index (κ1) is 17.8. The number of benzene rings is 1. The Hall–Kier alpha value is -2.56. The van der Waals surface area contributed by atoms with Crippen molar-refractivity contribution in [3.8, 4) is 16.9 Å². The van der Waals surface area contributed by atoms with E-state index in [0.717, 1.165) is 52.8 Å². The number of fused-ring (bicyclic) bond motifs is 1. The molecule has 1 aliphatic heterocycles. The zero-order valence-electron chi connectivity index (χ0n) is 16.9. The molecule has 0 spiro atoms. The highest BCUT2D eigenvalue weighted by atomic mass is 16.5. The van der Waals surface area contributed by atoms with Crippen molar-refractivity contribution in [3.05, 3.63) is 41.7 Å². The second-order valence-electron chi connectivity index (χ2n) is 8.00. The predicted molar refractivity (Wildman–Crippen MR) is 110 cm³/mol. The van der Waals surface area contributed by atoms with Gasteiger partial charge in [0.1, 0.15) is 11.6 Å². The fourth-order valence-corrected chi connectivity index (χ4v) is 4.47. The highest BCUT2D eigenvalue weighted by Gasteiger charge is 2.26. The molecule has 4 rings (SSSR count). The number of methoxy groups -OCH3 is 1. The molecule has 5 heteroatoms. The Bertz CT molecular complexity index is 968. The Labute approximate surface area is 161 Å². The Morgan fingerprint density at radius 1 is 1.07 bits per heavy atom. The molecule has 0 aliphatic carbocycles. The van der Waals surface area contributed by atoms with Gasteiger partial charge in [0.15, 0.2) is 5.65 Å². The van der Waals surface area contributed by atoms with Gasteiger partial charge in [-0.15, -0.1) is 0 Å². The van der Waals surface area contributed by atoms with Crippen LogP contribution in [0.25, 0.3) is 16.8 Å². The molecule has 1 aliphatic rings. The number of aryl methyl sites for hydroxylation is 2. The van der Waals surface area contributed by atoms with E-state index in [9.17, 15) is 0 Å². The molecule has 2 aromatic heterocycles. The van der Waals surface area contributed by atoms with E-state index in [4.69, 9.17) is 14.8 Å². The van der Waals surface area contributed by atoms with E-state index in [2.05, 4.69) is 44.7 Å². The Morgan fingerprint density at radius 3 is 2.48 bits per heavy atom. The number of rotatable bonds is 3. The third-order valence-electron chi connectivity index (χ3n) is 5.44. The zero-order chi connectivity index (χ0) is 19.1. The number of hydrogen-bond acceptors (Lipinski definition) is 4. The van der Waals surface area contributed by atoms with Crippen LogP contribution in [0.4, 0.5) is 5.82 Å². The smallest absolute Gasteiger partial charge is 0.165 e. The quantitative estimate of drug-likeness (QED) is 0.686. The second kappa shape index (κ2) is 6.87. The molecule has 0 unspecified atom stereocenters. The standard InChI is InChI=1S/C22H28N4O/c1-14-10-15(2)13-25(12-14)20-11-16(3)23-22-21(17(4)24-26(20)22)18-8-6-7-9-19(18)27-5/h6-9,11,14-15H,10,12-13H2,1-5H3/t14-,15-/m0/s1. The van der Waals surface area contributed by atoms with Crippen molar-refractivity contribution in [2.75, 3.05) is 25.1 Å². The van der Waals surface area contributed by atoms with Crippen LogP contribution < -0.4 is 9.64 Å². The average molecular weight is 364 g/mol. The zero-order valence-corrected chi connectivity index (χ0v) is 16.9. The summed E-state index contributed by atoms with van der Waals surface area (Å²) in [4.78, 5) is 7.33. The summed E-state index contributed by atoms with van der Waals surface area (Å²) in [5.74, 6) is 3.35. The molecule has 1 fully saturated rings. The van der Waals surface area contributed by atoms with E-state index in [1.807, 2.05) is 22.7 Å². The fraction of sp³-hybridized carbons (Fsp3) is 0.455. The van der Waals surface area contributed by atoms with Crippen LogP contribution in [0.15, 0.2) is 30.3 Å². The molecule has 2 atom stereocenters. The highest BCUT2D eigenvalue weighted by molar-refractivity contribution is 5.84. The molecule has 3 heterocycles. The molecule has 27 heavy (non-hydrogen) atoms. The highest BCUT2D eigenvalue weighted by Crippen LogP contribution is 2.36. The van der Waals surface area contributed by atoms with Crippen LogP contribution in [0.5, 0.6) is 5.75 Å². The van der Waals surface area contributed by atoms with Gasteiger partial charge in [-0.1, -0.05) is 32.0 Å². The molecule has 1 aromatic carbocycles. The van der Waals surface area contributed by atoms with Gasteiger partial charge in [-0.3, -0.25) is 0 Å². The van der Waals surface area contributed by atoms with E-state index < -0.39 is 0 Å². The number of aromatic nitrogens is 3. The van der Waals surface area contributed by atoms with Gasteiger partial charge in [-0.05, 0) is 38.2 Å². The van der Waals surface area contributed by atoms with Crippen LogP contribution in [0, 0.1) is 25.7 Å². The minimum absolute atomic E-state index is 0.683. The number of para-hydroxylation sites is 1. The third-order valence-corrected chi connectivity index (χ3v) is 5.44. The van der Waals surface area contributed by atoms with Crippen LogP contribution in [0.1, 0.15) is 31.7 Å². The Kier molecular flexibility index (Phi) is 4.54. The summed E-state index contributed by atoms with van der Waals surface area (Å²) in [6.45, 7) is 10.9. The number of hydrogen-bond donors (Lipinski definition) is 0. The average Bonchev–Trinajstić information content (AvgIpc) is 2.95. The van der Waals surface area contributed by atoms with Gasteiger partial charge < -0.3 is 9.64 Å². The van der Waals surface area contributed by atoms with Gasteiger partial charge in [0.25, 0.3) is 0 Å². The van der Waals surface area contributed by atoms with Gasteiger partial charge in [0, 0.05) is 30.4 Å². The third kappa shape index (κ3) is 3.15. The Morgan fingerprint density at radius 2 is 1.78 bits per heavy atom. The maximum atomic E-state index is 5.60. The molecule has 0 radical (unpaired) electrons. The number of anilines is 1. The van der Waals surface area contributed by atoms with Crippen LogP contribution in [0.2, 0.25) is 0 Å². The minimum Gasteiger partial charge on any atom is -0.496 e. The number of ether oxygens (including phenoxy) is 1. The van der Waals surface area contributed by atoms with Gasteiger partial charge >= 0.3 is 0 Å². The fourth-order valence-electron chi connectivity index (χ4n) is 4.47. The van der Waals surface area contributed by atoms with Crippen LogP contribution in [-0.2, 0) is 0 Å². The van der Waals surface area contributed by atoms with Crippen LogP contribution in [0.3, 0.4) is 0 Å². The lowest BCUT2D eigenvalue weighted by atomic mass is 9.92. The summed E-state index contributed by atoms with van der Waals surface area (Å²) in [7, 11) is 1.71. The van der Waals surface area contributed by atoms with Crippen molar-refractivity contribution >= 4 is 11.5 Å². The topological polar surface area (TPSA) is 42.7 Å². The number of nitrogens with zero attached hydrogens (tertiary/aromatic N) is 4. The largest absolute Gasteiger partial charge is 0.496 e. The van der Waals surface area contributed by atoms with Crippen molar-refractivity contribution in [1.82, 2.24) is 14.6 Å². The summed E-state index contributed by atoms with van der Waals surface area (Å²) < 4.78 is 7.63. The first-order valence-electron chi connectivity index (χ1n) is 9.73. The van der Waals surface area contributed by atoms with Gasteiger partial charge in [0.2, 0.25) is 0 Å². The van der Waals surface area contributed by atoms with Crippen molar-refractivity contribution in [2.24, 2.45) is 11.8 Å². The van der Waals surface area contributed by atoms with Gasteiger partial charge in [-0.25, -0.2) is 4.98 Å². The lowest BCUT2D eigenvalue weighted by Gasteiger charge is -2.36. The summed E-state index contributed by atoms with van der Waals surface area (Å²) in [5, 5.41) is 4.89. The van der Waals surface area contributed by atoms with Crippen LogP contribution in [-0.4, -0.2) is 34.8 Å². The maximum Gasteiger partial charge on any atom is 0.165 e. The van der Waals surface area contributed by atoms with Crippen molar-refractivity contribution in [2.45, 2.75) is 34.1 Å². The molecule has 3 aromatic rings. The SMILES string of the molecule is COc1ccccc1-c1c(C)nn2c(N3C[C@@H](C)C[C@H](C)C3)cc(C)nc12. The molecule has 5 nitrogen and oxygen atoms in total. The van der Waals surface area contributed by atoms with Crippen molar-refractivity contribution in [3.63, 3.8) is 0 Å². The molecule has 0 saturated carbocycles. The summed E-state index contributed by atoms with van der Waals surface area (Å²) in [6.07, 6.45) is 1.29. The van der Waals surface area contributed by atoms with E-state index in [1.165, 1.54) is 6.42 Å². The lowest BCUT2D eigenvalue weighted by Crippen LogP contribution is -2.39. The maximum absolute atomic E-state index is 5.60. The van der Waals surface area contributed by atoms with E-state index >= 15 is 0 Å². The Balaban J connectivity index is 1.92.